The summed E-state index contributed by atoms with van der Waals surface area (Å²) in [5.41, 5.74) is 1.42. The van der Waals surface area contributed by atoms with Crippen LogP contribution in [0.2, 0.25) is 0 Å². The number of nitrogens with one attached hydrogen (secondary N) is 2. The van der Waals surface area contributed by atoms with Crippen LogP contribution in [-0.4, -0.2) is 16.8 Å². The summed E-state index contributed by atoms with van der Waals surface area (Å²) >= 11 is 0. The molecule has 0 spiro atoms. The minimum atomic E-state index is -1.69. The molecule has 0 saturated heterocycles. The monoisotopic (exact) mass is 399 g/mol. The minimum Gasteiger partial charge on any atom is -0.348 e. The van der Waals surface area contributed by atoms with Crippen LogP contribution in [0.1, 0.15) is 32.0 Å². The number of pyridine rings is 1. The number of hydrogen-bond acceptors (Lipinski definition) is 3. The molecule has 2 amide bonds. The molecule has 0 aliphatic rings. The quantitative estimate of drug-likeness (QED) is 0.638. The van der Waals surface area contributed by atoms with Crippen molar-refractivity contribution < 1.29 is 22.8 Å². The van der Waals surface area contributed by atoms with E-state index in [9.17, 15) is 22.8 Å². The Kier molecular flexibility index (Phi) is 5.92. The van der Waals surface area contributed by atoms with Crippen LogP contribution in [0.15, 0.2) is 54.7 Å². The first kappa shape index (κ1) is 20.1. The van der Waals surface area contributed by atoms with Gasteiger partial charge in [-0.05, 0) is 42.3 Å². The molecule has 0 radical (unpaired) electrons. The molecule has 0 fully saturated rings. The highest BCUT2D eigenvalue weighted by molar-refractivity contribution is 6.04. The normalized spacial score (nSPS) is 10.5. The van der Waals surface area contributed by atoms with Gasteiger partial charge in [-0.25, -0.2) is 13.2 Å². The molecule has 0 aliphatic heterocycles. The van der Waals surface area contributed by atoms with Gasteiger partial charge < -0.3 is 10.6 Å². The summed E-state index contributed by atoms with van der Waals surface area (Å²) in [7, 11) is 0. The van der Waals surface area contributed by atoms with Crippen molar-refractivity contribution >= 4 is 17.5 Å². The standard InChI is InChI=1S/C21H16F3N3O2/c1-12-4-2-3-5-14(12)11-26-20(28)13-8-9-25-17(10-13)21(29)27-16-7-6-15(22)18(23)19(16)24/h2-10H,11H2,1H3,(H,26,28)(H,27,29). The molecule has 3 rings (SSSR count). The second-order valence-corrected chi connectivity index (χ2v) is 6.22. The fourth-order valence-corrected chi connectivity index (χ4v) is 2.59. The van der Waals surface area contributed by atoms with Gasteiger partial charge in [-0.15, -0.1) is 0 Å². The van der Waals surface area contributed by atoms with E-state index >= 15 is 0 Å². The molecule has 0 atom stereocenters. The molecule has 5 nitrogen and oxygen atoms in total. The van der Waals surface area contributed by atoms with Gasteiger partial charge in [0.15, 0.2) is 17.5 Å². The van der Waals surface area contributed by atoms with Crippen LogP contribution in [0.3, 0.4) is 0 Å². The predicted octanol–water partition coefficient (Wildman–Crippen LogP) is 3.99. The van der Waals surface area contributed by atoms with Gasteiger partial charge in [-0.3, -0.25) is 14.6 Å². The molecule has 0 aliphatic carbocycles. The van der Waals surface area contributed by atoms with Crippen molar-refractivity contribution in [2.45, 2.75) is 13.5 Å². The van der Waals surface area contributed by atoms with Crippen LogP contribution < -0.4 is 10.6 Å². The summed E-state index contributed by atoms with van der Waals surface area (Å²) in [4.78, 5) is 28.5. The highest BCUT2D eigenvalue weighted by Gasteiger charge is 2.17. The van der Waals surface area contributed by atoms with E-state index in [1.165, 1.54) is 18.3 Å². The van der Waals surface area contributed by atoms with Crippen LogP contribution in [-0.2, 0) is 6.54 Å². The van der Waals surface area contributed by atoms with E-state index in [0.29, 0.717) is 12.6 Å². The number of carbonyl (C=O) groups is 2. The number of aromatic nitrogens is 1. The van der Waals surface area contributed by atoms with E-state index in [1.54, 1.807) is 0 Å². The molecular formula is C21H16F3N3O2. The first-order chi connectivity index (χ1) is 13.9. The summed E-state index contributed by atoms with van der Waals surface area (Å²) in [5, 5.41) is 4.86. The van der Waals surface area contributed by atoms with Crippen molar-refractivity contribution in [3.05, 3.63) is 94.6 Å². The summed E-state index contributed by atoms with van der Waals surface area (Å²) in [5.74, 6) is -5.89. The number of carbonyl (C=O) groups excluding carboxylic acids is 2. The second kappa shape index (κ2) is 8.55. The van der Waals surface area contributed by atoms with Gasteiger partial charge in [-0.1, -0.05) is 24.3 Å². The third-order valence-electron chi connectivity index (χ3n) is 4.24. The molecule has 2 aromatic carbocycles. The smallest absolute Gasteiger partial charge is 0.274 e. The lowest BCUT2D eigenvalue weighted by molar-refractivity contribution is 0.0950. The van der Waals surface area contributed by atoms with Gasteiger partial charge in [0.1, 0.15) is 5.69 Å². The topological polar surface area (TPSA) is 71.1 Å². The number of anilines is 1. The first-order valence-electron chi connectivity index (χ1n) is 8.60. The Morgan fingerprint density at radius 2 is 1.72 bits per heavy atom. The molecule has 29 heavy (non-hydrogen) atoms. The van der Waals surface area contributed by atoms with Crippen LogP contribution in [0, 0.1) is 24.4 Å². The average Bonchev–Trinajstić information content (AvgIpc) is 2.73. The Morgan fingerprint density at radius 1 is 0.966 bits per heavy atom. The van der Waals surface area contributed by atoms with E-state index in [4.69, 9.17) is 0 Å². The number of aryl methyl sites for hydroxylation is 1. The van der Waals surface area contributed by atoms with Crippen LogP contribution in [0.4, 0.5) is 18.9 Å². The van der Waals surface area contributed by atoms with E-state index in [-0.39, 0.29) is 11.3 Å². The van der Waals surface area contributed by atoms with Gasteiger partial charge in [0.05, 0.1) is 5.69 Å². The van der Waals surface area contributed by atoms with E-state index < -0.39 is 35.0 Å². The molecule has 1 heterocycles. The van der Waals surface area contributed by atoms with Crippen LogP contribution in [0.25, 0.3) is 0 Å². The number of rotatable bonds is 5. The number of nitrogens with zero attached hydrogens (tertiary/aromatic N) is 1. The van der Waals surface area contributed by atoms with Crippen molar-refractivity contribution in [2.75, 3.05) is 5.32 Å². The maximum Gasteiger partial charge on any atom is 0.274 e. The maximum atomic E-state index is 13.7. The largest absolute Gasteiger partial charge is 0.348 e. The van der Waals surface area contributed by atoms with E-state index in [2.05, 4.69) is 15.6 Å². The van der Waals surface area contributed by atoms with Crippen molar-refractivity contribution in [3.8, 4) is 0 Å². The van der Waals surface area contributed by atoms with Crippen molar-refractivity contribution in [2.24, 2.45) is 0 Å². The summed E-state index contributed by atoms with van der Waals surface area (Å²) in [6.07, 6.45) is 1.25. The molecular weight excluding hydrogens is 383 g/mol. The zero-order valence-corrected chi connectivity index (χ0v) is 15.3. The number of amides is 2. The number of benzene rings is 2. The highest BCUT2D eigenvalue weighted by Crippen LogP contribution is 2.20. The average molecular weight is 399 g/mol. The molecule has 1 aromatic heterocycles. The third-order valence-corrected chi connectivity index (χ3v) is 4.24. The highest BCUT2D eigenvalue weighted by atomic mass is 19.2. The Hall–Kier alpha value is -3.68. The SMILES string of the molecule is Cc1ccccc1CNC(=O)c1ccnc(C(=O)Nc2ccc(F)c(F)c2F)c1. The minimum absolute atomic E-state index is 0.171. The molecule has 148 valence electrons. The summed E-state index contributed by atoms with van der Waals surface area (Å²) < 4.78 is 40.0. The Labute approximate surface area is 164 Å². The Morgan fingerprint density at radius 3 is 2.48 bits per heavy atom. The van der Waals surface area contributed by atoms with E-state index in [0.717, 1.165) is 17.2 Å². The molecule has 2 N–H and O–H groups in total. The zero-order chi connectivity index (χ0) is 21.0. The molecule has 0 saturated carbocycles. The van der Waals surface area contributed by atoms with Crippen LogP contribution in [0.5, 0.6) is 0 Å². The lowest BCUT2D eigenvalue weighted by Crippen LogP contribution is -2.24. The van der Waals surface area contributed by atoms with Gasteiger partial charge in [0.2, 0.25) is 0 Å². The number of hydrogen-bond donors (Lipinski definition) is 2. The second-order valence-electron chi connectivity index (χ2n) is 6.22. The van der Waals surface area contributed by atoms with Crippen LogP contribution >= 0.6 is 0 Å². The molecule has 3 aromatic rings. The zero-order valence-electron chi connectivity index (χ0n) is 15.3. The number of halogens is 3. The fourth-order valence-electron chi connectivity index (χ4n) is 2.59. The molecule has 0 unspecified atom stereocenters. The van der Waals surface area contributed by atoms with Gasteiger partial charge in [-0.2, -0.15) is 0 Å². The van der Waals surface area contributed by atoms with Gasteiger partial charge in [0, 0.05) is 18.3 Å². The fraction of sp³-hybridized carbons (Fsp3) is 0.0952. The summed E-state index contributed by atoms with van der Waals surface area (Å²) in [6.45, 7) is 2.23. The van der Waals surface area contributed by atoms with Crippen molar-refractivity contribution in [1.82, 2.24) is 10.3 Å². The molecule has 8 heteroatoms. The molecule has 0 bridgehead atoms. The van der Waals surface area contributed by atoms with Crippen molar-refractivity contribution in [1.29, 1.82) is 0 Å². The van der Waals surface area contributed by atoms with Gasteiger partial charge >= 0.3 is 0 Å². The van der Waals surface area contributed by atoms with Crippen molar-refractivity contribution in [3.63, 3.8) is 0 Å². The van der Waals surface area contributed by atoms with Gasteiger partial charge in [0.25, 0.3) is 11.8 Å². The third kappa shape index (κ3) is 4.60. The lowest BCUT2D eigenvalue weighted by atomic mass is 10.1. The Bertz CT molecular complexity index is 1090. The lowest BCUT2D eigenvalue weighted by Gasteiger charge is -2.09. The Balaban J connectivity index is 1.72. The first-order valence-corrected chi connectivity index (χ1v) is 8.60. The van der Waals surface area contributed by atoms with E-state index in [1.807, 2.05) is 31.2 Å². The maximum absolute atomic E-state index is 13.7. The summed E-state index contributed by atoms with van der Waals surface area (Å²) in [6, 6.07) is 11.8. The predicted molar refractivity (Wildman–Crippen MR) is 101 cm³/mol.